The van der Waals surface area contributed by atoms with Crippen LogP contribution in [0.4, 0.5) is 0 Å². The molecule has 0 fully saturated rings. The molecule has 1 rings (SSSR count). The molecule has 0 unspecified atom stereocenters. The second-order valence-corrected chi connectivity index (χ2v) is 3.93. The van der Waals surface area contributed by atoms with E-state index in [9.17, 15) is 4.79 Å². The van der Waals surface area contributed by atoms with Crippen LogP contribution in [0.5, 0.6) is 0 Å². The number of rotatable bonds is 4. The molecule has 76 valence electrons. The van der Waals surface area contributed by atoms with Gasteiger partial charge in [-0.2, -0.15) is 0 Å². The fourth-order valence-corrected chi connectivity index (χ4v) is 1.45. The van der Waals surface area contributed by atoms with Crippen molar-refractivity contribution in [3.05, 3.63) is 35.9 Å². The second-order valence-electron chi connectivity index (χ2n) is 3.14. The maximum absolute atomic E-state index is 11.8. The molecule has 2 nitrogen and oxygen atoms in total. The lowest BCUT2D eigenvalue weighted by Crippen LogP contribution is -2.27. The van der Waals surface area contributed by atoms with Gasteiger partial charge in [0, 0.05) is 24.5 Å². The van der Waals surface area contributed by atoms with Crippen molar-refractivity contribution in [3.63, 3.8) is 0 Å². The van der Waals surface area contributed by atoms with E-state index in [1.807, 2.05) is 37.4 Å². The summed E-state index contributed by atoms with van der Waals surface area (Å²) in [6.07, 6.45) is 0.981. The number of halogens is 1. The topological polar surface area (TPSA) is 20.3 Å². The SMILES string of the molecule is CN(CCCBr)C(=O)c1ccccc1. The van der Waals surface area contributed by atoms with Crippen LogP contribution in [0, 0.1) is 0 Å². The number of benzene rings is 1. The third-order valence-corrected chi connectivity index (χ3v) is 2.56. The molecule has 0 aliphatic heterocycles. The molecule has 0 bridgehead atoms. The number of amides is 1. The number of hydrogen-bond donors (Lipinski definition) is 0. The van der Waals surface area contributed by atoms with Crippen molar-refractivity contribution in [2.24, 2.45) is 0 Å². The first kappa shape index (κ1) is 11.2. The van der Waals surface area contributed by atoms with Gasteiger partial charge >= 0.3 is 0 Å². The van der Waals surface area contributed by atoms with Crippen LogP contribution in [0.3, 0.4) is 0 Å². The zero-order valence-electron chi connectivity index (χ0n) is 8.24. The highest BCUT2D eigenvalue weighted by molar-refractivity contribution is 9.09. The van der Waals surface area contributed by atoms with Crippen molar-refractivity contribution in [1.82, 2.24) is 4.90 Å². The summed E-state index contributed by atoms with van der Waals surface area (Å²) < 4.78 is 0. The average molecular weight is 256 g/mol. The smallest absolute Gasteiger partial charge is 0.253 e. The summed E-state index contributed by atoms with van der Waals surface area (Å²) in [5.41, 5.74) is 0.754. The average Bonchev–Trinajstić information content (AvgIpc) is 2.26. The van der Waals surface area contributed by atoms with Crippen molar-refractivity contribution < 1.29 is 4.79 Å². The van der Waals surface area contributed by atoms with E-state index in [2.05, 4.69) is 15.9 Å². The van der Waals surface area contributed by atoms with Crippen molar-refractivity contribution in [2.75, 3.05) is 18.9 Å². The van der Waals surface area contributed by atoms with Crippen molar-refractivity contribution in [1.29, 1.82) is 0 Å². The molecule has 3 heteroatoms. The Morgan fingerprint density at radius 3 is 2.57 bits per heavy atom. The number of alkyl halides is 1. The van der Waals surface area contributed by atoms with Gasteiger partial charge in [-0.3, -0.25) is 4.79 Å². The Labute approximate surface area is 93.0 Å². The predicted octanol–water partition coefficient (Wildman–Crippen LogP) is 2.54. The number of carbonyl (C=O) groups excluding carboxylic acids is 1. The Balaban J connectivity index is 2.57. The van der Waals surface area contributed by atoms with Gasteiger partial charge in [0.2, 0.25) is 0 Å². The van der Waals surface area contributed by atoms with Gasteiger partial charge in [-0.1, -0.05) is 34.1 Å². The Morgan fingerprint density at radius 2 is 2.00 bits per heavy atom. The molecule has 0 radical (unpaired) electrons. The van der Waals surface area contributed by atoms with Crippen LogP contribution in [0.25, 0.3) is 0 Å². The van der Waals surface area contributed by atoms with Gasteiger partial charge < -0.3 is 4.90 Å². The Morgan fingerprint density at radius 1 is 1.36 bits per heavy atom. The van der Waals surface area contributed by atoms with E-state index in [1.54, 1.807) is 4.90 Å². The number of carbonyl (C=O) groups is 1. The minimum absolute atomic E-state index is 0.0894. The maximum atomic E-state index is 11.8. The minimum atomic E-state index is 0.0894. The largest absolute Gasteiger partial charge is 0.342 e. The van der Waals surface area contributed by atoms with Crippen molar-refractivity contribution >= 4 is 21.8 Å². The molecule has 0 spiro atoms. The third-order valence-electron chi connectivity index (χ3n) is 1.99. The van der Waals surface area contributed by atoms with E-state index < -0.39 is 0 Å². The van der Waals surface area contributed by atoms with E-state index in [4.69, 9.17) is 0 Å². The van der Waals surface area contributed by atoms with Crippen LogP contribution in [-0.4, -0.2) is 29.7 Å². The molecule has 1 aromatic rings. The summed E-state index contributed by atoms with van der Waals surface area (Å²) >= 11 is 3.35. The first-order chi connectivity index (χ1) is 6.75. The summed E-state index contributed by atoms with van der Waals surface area (Å²) in [5.74, 6) is 0.0894. The van der Waals surface area contributed by atoms with Gasteiger partial charge in [0.1, 0.15) is 0 Å². The quantitative estimate of drug-likeness (QED) is 0.758. The van der Waals surface area contributed by atoms with Gasteiger partial charge in [-0.05, 0) is 18.6 Å². The summed E-state index contributed by atoms with van der Waals surface area (Å²) in [6.45, 7) is 0.791. The lowest BCUT2D eigenvalue weighted by Gasteiger charge is -2.16. The van der Waals surface area contributed by atoms with Crippen molar-refractivity contribution in [2.45, 2.75) is 6.42 Å². The van der Waals surface area contributed by atoms with Crippen LogP contribution in [0.15, 0.2) is 30.3 Å². The molecule has 0 aliphatic rings. The molecule has 0 saturated carbocycles. The van der Waals surface area contributed by atoms with Gasteiger partial charge in [0.15, 0.2) is 0 Å². The predicted molar refractivity (Wildman–Crippen MR) is 61.8 cm³/mol. The molecule has 1 aromatic carbocycles. The third kappa shape index (κ3) is 3.14. The normalized spacial score (nSPS) is 9.86. The molecule has 0 heterocycles. The van der Waals surface area contributed by atoms with E-state index in [0.29, 0.717) is 0 Å². The van der Waals surface area contributed by atoms with Crippen LogP contribution in [0.1, 0.15) is 16.8 Å². The number of nitrogens with zero attached hydrogens (tertiary/aromatic N) is 1. The van der Waals surface area contributed by atoms with Gasteiger partial charge in [-0.15, -0.1) is 0 Å². The monoisotopic (exact) mass is 255 g/mol. The standard InChI is InChI=1S/C11H14BrNO/c1-13(9-5-8-12)11(14)10-6-3-2-4-7-10/h2-4,6-7H,5,8-9H2,1H3. The molecule has 0 atom stereocenters. The summed E-state index contributed by atoms with van der Waals surface area (Å²) in [5, 5.41) is 0.930. The second kappa shape index (κ2) is 5.81. The Bertz CT molecular complexity index is 287. The Hall–Kier alpha value is -0.830. The van der Waals surface area contributed by atoms with E-state index in [0.717, 1.165) is 23.9 Å². The fourth-order valence-electron chi connectivity index (χ4n) is 1.20. The maximum Gasteiger partial charge on any atom is 0.253 e. The van der Waals surface area contributed by atoms with Gasteiger partial charge in [0.05, 0.1) is 0 Å². The summed E-state index contributed by atoms with van der Waals surface area (Å²) in [7, 11) is 1.83. The zero-order valence-corrected chi connectivity index (χ0v) is 9.83. The lowest BCUT2D eigenvalue weighted by molar-refractivity contribution is 0.0795. The van der Waals surface area contributed by atoms with Gasteiger partial charge in [0.25, 0.3) is 5.91 Å². The molecular formula is C11H14BrNO. The molecule has 0 N–H and O–H groups in total. The molecule has 0 saturated heterocycles. The highest BCUT2D eigenvalue weighted by Crippen LogP contribution is 2.03. The molecule has 0 aliphatic carbocycles. The molecular weight excluding hydrogens is 242 g/mol. The number of hydrogen-bond acceptors (Lipinski definition) is 1. The highest BCUT2D eigenvalue weighted by atomic mass is 79.9. The van der Waals surface area contributed by atoms with E-state index in [-0.39, 0.29) is 5.91 Å². The fraction of sp³-hybridized carbons (Fsp3) is 0.364. The molecule has 1 amide bonds. The van der Waals surface area contributed by atoms with Gasteiger partial charge in [-0.25, -0.2) is 0 Å². The van der Waals surface area contributed by atoms with E-state index in [1.165, 1.54) is 0 Å². The summed E-state index contributed by atoms with van der Waals surface area (Å²) in [4.78, 5) is 13.5. The molecule has 0 aromatic heterocycles. The van der Waals surface area contributed by atoms with Crippen LogP contribution in [0.2, 0.25) is 0 Å². The van der Waals surface area contributed by atoms with E-state index >= 15 is 0 Å². The summed E-state index contributed by atoms with van der Waals surface area (Å²) in [6, 6.07) is 9.35. The van der Waals surface area contributed by atoms with Crippen LogP contribution >= 0.6 is 15.9 Å². The lowest BCUT2D eigenvalue weighted by atomic mass is 10.2. The first-order valence-electron chi connectivity index (χ1n) is 4.62. The van der Waals surface area contributed by atoms with Crippen molar-refractivity contribution in [3.8, 4) is 0 Å². The van der Waals surface area contributed by atoms with Crippen LogP contribution in [-0.2, 0) is 0 Å². The highest BCUT2D eigenvalue weighted by Gasteiger charge is 2.09. The Kier molecular flexibility index (Phi) is 4.66. The van der Waals surface area contributed by atoms with Crippen LogP contribution < -0.4 is 0 Å². The molecule has 14 heavy (non-hydrogen) atoms. The zero-order chi connectivity index (χ0) is 10.4. The minimum Gasteiger partial charge on any atom is -0.342 e. The first-order valence-corrected chi connectivity index (χ1v) is 5.74.